The molecule has 29 heavy (non-hydrogen) atoms. The number of carbonyl (C=O) groups excluding carboxylic acids is 1. The Bertz CT molecular complexity index is 691. The molecule has 0 spiro atoms. The first kappa shape index (κ1) is 23.5. The number of nitrogens with zero attached hydrogens (tertiary/aromatic N) is 1. The average Bonchev–Trinajstić information content (AvgIpc) is 3.28. The molecule has 0 bridgehead atoms. The van der Waals surface area contributed by atoms with Crippen molar-refractivity contribution in [2.75, 3.05) is 19.3 Å². The Morgan fingerprint density at radius 3 is 2.17 bits per heavy atom. The SMILES string of the molecule is CSc1ccc(CCC(O)C=CC=CC=CC(O)CCC(=O)N2CCCC2)cc1. The van der Waals surface area contributed by atoms with E-state index >= 15 is 0 Å². The first-order valence-electron chi connectivity index (χ1n) is 10.4. The molecular formula is C24H33NO3S. The van der Waals surface area contributed by atoms with Gasteiger partial charge in [0.15, 0.2) is 0 Å². The highest BCUT2D eigenvalue weighted by atomic mass is 32.2. The Labute approximate surface area is 179 Å². The predicted octanol–water partition coefficient (Wildman–Crippen LogP) is 4.13. The van der Waals surface area contributed by atoms with Crippen molar-refractivity contribution >= 4 is 17.7 Å². The number of aryl methyl sites for hydroxylation is 1. The van der Waals surface area contributed by atoms with Gasteiger partial charge in [-0.05, 0) is 56.1 Å². The normalized spacial score (nSPS) is 17.0. The van der Waals surface area contributed by atoms with Crippen LogP contribution in [0, 0.1) is 0 Å². The smallest absolute Gasteiger partial charge is 0.222 e. The summed E-state index contributed by atoms with van der Waals surface area (Å²) >= 11 is 1.72. The number of aliphatic hydroxyl groups excluding tert-OH is 2. The summed E-state index contributed by atoms with van der Waals surface area (Å²) in [6.45, 7) is 1.71. The summed E-state index contributed by atoms with van der Waals surface area (Å²) in [5, 5.41) is 20.0. The van der Waals surface area contributed by atoms with E-state index in [2.05, 4.69) is 30.5 Å². The van der Waals surface area contributed by atoms with Crippen molar-refractivity contribution < 1.29 is 15.0 Å². The lowest BCUT2D eigenvalue weighted by atomic mass is 10.1. The zero-order valence-electron chi connectivity index (χ0n) is 17.2. The summed E-state index contributed by atoms with van der Waals surface area (Å²) in [5.41, 5.74) is 1.23. The molecule has 5 heteroatoms. The van der Waals surface area contributed by atoms with Crippen molar-refractivity contribution in [1.29, 1.82) is 0 Å². The summed E-state index contributed by atoms with van der Waals surface area (Å²) in [4.78, 5) is 15.1. The molecule has 2 rings (SSSR count). The minimum atomic E-state index is -0.613. The Hall–Kier alpha value is -1.82. The number of amides is 1. The highest BCUT2D eigenvalue weighted by Gasteiger charge is 2.17. The van der Waals surface area contributed by atoms with Crippen LogP contribution in [0.1, 0.15) is 37.7 Å². The number of likely N-dealkylation sites (tertiary alicyclic amines) is 1. The minimum Gasteiger partial charge on any atom is -0.389 e. The molecule has 4 nitrogen and oxygen atoms in total. The molecule has 1 aliphatic rings. The zero-order chi connectivity index (χ0) is 20.9. The van der Waals surface area contributed by atoms with Crippen LogP contribution in [0.5, 0.6) is 0 Å². The van der Waals surface area contributed by atoms with Crippen LogP contribution in [0.2, 0.25) is 0 Å². The van der Waals surface area contributed by atoms with Crippen LogP contribution < -0.4 is 0 Å². The maximum atomic E-state index is 11.9. The van der Waals surface area contributed by atoms with Gasteiger partial charge in [0.25, 0.3) is 0 Å². The quantitative estimate of drug-likeness (QED) is 0.421. The molecule has 0 saturated carbocycles. The number of hydrogen-bond donors (Lipinski definition) is 2. The van der Waals surface area contributed by atoms with Crippen LogP contribution in [-0.2, 0) is 11.2 Å². The molecule has 2 unspecified atom stereocenters. The van der Waals surface area contributed by atoms with Gasteiger partial charge in [-0.1, -0.05) is 48.6 Å². The largest absolute Gasteiger partial charge is 0.389 e. The van der Waals surface area contributed by atoms with Gasteiger partial charge in [0.1, 0.15) is 0 Å². The average molecular weight is 416 g/mol. The topological polar surface area (TPSA) is 60.8 Å². The summed E-state index contributed by atoms with van der Waals surface area (Å²) in [5.74, 6) is 0.141. The van der Waals surface area contributed by atoms with Crippen LogP contribution in [0.3, 0.4) is 0 Å². The van der Waals surface area contributed by atoms with E-state index in [-0.39, 0.29) is 5.91 Å². The van der Waals surface area contributed by atoms with Crippen molar-refractivity contribution in [2.24, 2.45) is 0 Å². The summed E-state index contributed by atoms with van der Waals surface area (Å²) in [6.07, 6.45) is 16.2. The molecule has 1 amide bonds. The van der Waals surface area contributed by atoms with Crippen LogP contribution in [0.4, 0.5) is 0 Å². The molecule has 0 aliphatic carbocycles. The number of rotatable bonds is 11. The van der Waals surface area contributed by atoms with Crippen LogP contribution in [0.25, 0.3) is 0 Å². The van der Waals surface area contributed by atoms with Crippen LogP contribution >= 0.6 is 11.8 Å². The molecule has 2 N–H and O–H groups in total. The van der Waals surface area contributed by atoms with E-state index in [1.54, 1.807) is 30.0 Å². The van der Waals surface area contributed by atoms with E-state index in [1.807, 2.05) is 23.1 Å². The molecule has 158 valence electrons. The minimum absolute atomic E-state index is 0.141. The van der Waals surface area contributed by atoms with Gasteiger partial charge in [-0.25, -0.2) is 0 Å². The number of carbonyl (C=O) groups is 1. The van der Waals surface area contributed by atoms with Gasteiger partial charge in [0.2, 0.25) is 5.91 Å². The summed E-state index contributed by atoms with van der Waals surface area (Å²) < 4.78 is 0. The molecule has 1 aromatic carbocycles. The molecule has 1 fully saturated rings. The lowest BCUT2D eigenvalue weighted by Crippen LogP contribution is -2.28. The standard InChI is InChI=1S/C24H33NO3S/c1-29-23-15-11-20(12-16-23)10-13-21(26)8-4-2-3-5-9-22(27)14-17-24(28)25-18-6-7-19-25/h2-5,8-9,11-12,15-16,21-22,26-27H,6-7,10,13-14,17-19H2,1H3. The van der Waals surface area contributed by atoms with Crippen molar-refractivity contribution in [3.05, 3.63) is 66.3 Å². The van der Waals surface area contributed by atoms with E-state index in [0.717, 1.165) is 32.4 Å². The highest BCUT2D eigenvalue weighted by molar-refractivity contribution is 7.98. The third kappa shape index (κ3) is 9.48. The lowest BCUT2D eigenvalue weighted by molar-refractivity contribution is -0.130. The Kier molecular flexibility index (Phi) is 10.8. The van der Waals surface area contributed by atoms with Crippen molar-refractivity contribution in [1.82, 2.24) is 4.90 Å². The number of benzene rings is 1. The number of allylic oxidation sites excluding steroid dienone is 4. The molecule has 2 atom stereocenters. The van der Waals surface area contributed by atoms with Crippen molar-refractivity contribution in [3.63, 3.8) is 0 Å². The predicted molar refractivity (Wildman–Crippen MR) is 121 cm³/mol. The molecule has 0 radical (unpaired) electrons. The number of hydrogen-bond acceptors (Lipinski definition) is 4. The van der Waals surface area contributed by atoms with Crippen molar-refractivity contribution in [3.8, 4) is 0 Å². The molecule has 1 saturated heterocycles. The van der Waals surface area contributed by atoms with Gasteiger partial charge in [-0.2, -0.15) is 0 Å². The first-order chi connectivity index (χ1) is 14.1. The second-order valence-corrected chi connectivity index (χ2v) is 8.18. The van der Waals surface area contributed by atoms with Crippen LogP contribution in [-0.4, -0.2) is 52.6 Å². The maximum absolute atomic E-state index is 11.9. The summed E-state index contributed by atoms with van der Waals surface area (Å²) in [7, 11) is 0. The Balaban J connectivity index is 1.60. The number of aliphatic hydroxyl groups is 2. The third-order valence-corrected chi connectivity index (χ3v) is 5.74. The van der Waals surface area contributed by atoms with Crippen LogP contribution in [0.15, 0.2) is 65.6 Å². The first-order valence-corrected chi connectivity index (χ1v) is 11.6. The lowest BCUT2D eigenvalue weighted by Gasteiger charge is -2.15. The third-order valence-electron chi connectivity index (χ3n) is 5.00. The molecule has 1 aliphatic heterocycles. The zero-order valence-corrected chi connectivity index (χ0v) is 18.1. The van der Waals surface area contributed by atoms with Gasteiger partial charge >= 0.3 is 0 Å². The fourth-order valence-electron chi connectivity index (χ4n) is 3.21. The fourth-order valence-corrected chi connectivity index (χ4v) is 3.62. The highest BCUT2D eigenvalue weighted by Crippen LogP contribution is 2.16. The molecular weight excluding hydrogens is 382 g/mol. The molecule has 1 heterocycles. The van der Waals surface area contributed by atoms with Gasteiger partial charge in [0, 0.05) is 24.4 Å². The Morgan fingerprint density at radius 1 is 1.00 bits per heavy atom. The van der Waals surface area contributed by atoms with E-state index in [1.165, 1.54) is 10.5 Å². The fraction of sp³-hybridized carbons (Fsp3) is 0.458. The van der Waals surface area contributed by atoms with Gasteiger partial charge in [-0.3, -0.25) is 4.79 Å². The van der Waals surface area contributed by atoms with E-state index in [0.29, 0.717) is 19.3 Å². The van der Waals surface area contributed by atoms with E-state index in [4.69, 9.17) is 0 Å². The van der Waals surface area contributed by atoms with Gasteiger partial charge in [0.05, 0.1) is 12.2 Å². The van der Waals surface area contributed by atoms with Gasteiger partial charge < -0.3 is 15.1 Å². The van der Waals surface area contributed by atoms with E-state index in [9.17, 15) is 15.0 Å². The maximum Gasteiger partial charge on any atom is 0.222 e. The van der Waals surface area contributed by atoms with Crippen molar-refractivity contribution in [2.45, 2.75) is 55.6 Å². The summed E-state index contributed by atoms with van der Waals surface area (Å²) in [6, 6.07) is 8.43. The molecule has 0 aromatic heterocycles. The molecule has 1 aromatic rings. The van der Waals surface area contributed by atoms with Gasteiger partial charge in [-0.15, -0.1) is 11.8 Å². The second kappa shape index (κ2) is 13.4. The number of thioether (sulfide) groups is 1. The second-order valence-electron chi connectivity index (χ2n) is 7.30. The van der Waals surface area contributed by atoms with E-state index < -0.39 is 12.2 Å². The Morgan fingerprint density at radius 2 is 1.59 bits per heavy atom. The monoisotopic (exact) mass is 415 g/mol.